The van der Waals surface area contributed by atoms with Gasteiger partial charge in [0, 0.05) is 35.2 Å². The molecular weight excluding hydrogens is 500 g/mol. The number of nitrogens with zero attached hydrogens (tertiary/aromatic N) is 1. The van der Waals surface area contributed by atoms with Crippen molar-refractivity contribution in [3.8, 4) is 0 Å². The highest BCUT2D eigenvalue weighted by molar-refractivity contribution is 7.89. The molecule has 0 atom stereocenters. The molecule has 1 aliphatic rings. The third-order valence-corrected chi connectivity index (χ3v) is 8.71. The van der Waals surface area contributed by atoms with Gasteiger partial charge in [-0.05, 0) is 48.7 Å². The minimum atomic E-state index is -3.97. The van der Waals surface area contributed by atoms with Crippen LogP contribution in [0.15, 0.2) is 71.6 Å². The van der Waals surface area contributed by atoms with E-state index in [1.165, 1.54) is 22.5 Å². The normalized spacial score (nSPS) is 13.9. The summed E-state index contributed by atoms with van der Waals surface area (Å²) in [4.78, 5) is 28.6. The van der Waals surface area contributed by atoms with E-state index in [9.17, 15) is 18.0 Å². The third kappa shape index (κ3) is 4.43. The number of para-hydroxylation sites is 1. The lowest BCUT2D eigenvalue weighted by Gasteiger charge is -2.28. The van der Waals surface area contributed by atoms with Crippen molar-refractivity contribution in [3.63, 3.8) is 0 Å². The number of H-pyrrole nitrogens is 1. The van der Waals surface area contributed by atoms with E-state index in [4.69, 9.17) is 16.3 Å². The fourth-order valence-corrected chi connectivity index (χ4v) is 6.48. The van der Waals surface area contributed by atoms with Crippen LogP contribution >= 0.6 is 11.6 Å². The maximum atomic E-state index is 13.4. The van der Waals surface area contributed by atoms with Gasteiger partial charge in [-0.2, -0.15) is 4.31 Å². The van der Waals surface area contributed by atoms with Crippen LogP contribution in [-0.2, 0) is 27.7 Å². The summed E-state index contributed by atoms with van der Waals surface area (Å²) in [6.45, 7) is 1.84. The smallest absolute Gasteiger partial charge is 0.338 e. The minimum Gasteiger partial charge on any atom is -0.454 e. The number of carbonyl (C=O) groups excluding carboxylic acids is 2. The first-order valence-electron chi connectivity index (χ1n) is 11.4. The molecule has 0 saturated carbocycles. The van der Waals surface area contributed by atoms with Crippen molar-refractivity contribution in [2.45, 2.75) is 24.8 Å². The van der Waals surface area contributed by atoms with Crippen LogP contribution in [0.3, 0.4) is 0 Å². The van der Waals surface area contributed by atoms with Gasteiger partial charge >= 0.3 is 5.97 Å². The van der Waals surface area contributed by atoms with Crippen molar-refractivity contribution < 1.29 is 22.7 Å². The molecule has 0 radical (unpaired) electrons. The Kier molecular flexibility index (Phi) is 6.42. The van der Waals surface area contributed by atoms with Crippen molar-refractivity contribution >= 4 is 44.3 Å². The van der Waals surface area contributed by atoms with Gasteiger partial charge < -0.3 is 9.72 Å². The molecule has 3 aromatic carbocycles. The Bertz CT molecular complexity index is 1610. The van der Waals surface area contributed by atoms with Crippen LogP contribution in [0.5, 0.6) is 0 Å². The maximum absolute atomic E-state index is 13.4. The molecule has 0 aliphatic carbocycles. The number of hydrogen-bond acceptors (Lipinski definition) is 5. The van der Waals surface area contributed by atoms with Gasteiger partial charge in [-0.25, -0.2) is 13.2 Å². The molecule has 9 heteroatoms. The molecule has 184 valence electrons. The molecule has 1 aliphatic heterocycles. The Morgan fingerprint density at radius 3 is 2.56 bits per heavy atom. The number of ketones is 1. The minimum absolute atomic E-state index is 0.00108. The largest absolute Gasteiger partial charge is 0.454 e. The summed E-state index contributed by atoms with van der Waals surface area (Å²) in [7, 11) is -3.97. The number of halogens is 1. The van der Waals surface area contributed by atoms with E-state index in [0.29, 0.717) is 24.2 Å². The molecule has 0 spiro atoms. The van der Waals surface area contributed by atoms with Crippen LogP contribution in [0.4, 0.5) is 0 Å². The van der Waals surface area contributed by atoms with E-state index in [1.54, 1.807) is 6.92 Å². The Balaban J connectivity index is 1.34. The van der Waals surface area contributed by atoms with Gasteiger partial charge in [-0.3, -0.25) is 4.79 Å². The molecule has 7 nitrogen and oxygen atoms in total. The van der Waals surface area contributed by atoms with Crippen molar-refractivity contribution in [3.05, 3.63) is 99.7 Å². The van der Waals surface area contributed by atoms with Crippen LogP contribution in [0, 0.1) is 6.92 Å². The summed E-state index contributed by atoms with van der Waals surface area (Å²) in [6, 6.07) is 19.0. The second kappa shape index (κ2) is 9.54. The molecule has 0 bridgehead atoms. The molecule has 0 amide bonds. The first-order valence-corrected chi connectivity index (χ1v) is 13.2. The number of aromatic amines is 1. The molecule has 4 aromatic rings. The average molecular weight is 523 g/mol. The number of aromatic nitrogens is 1. The van der Waals surface area contributed by atoms with Crippen LogP contribution in [0.1, 0.15) is 37.5 Å². The second-order valence-electron chi connectivity index (χ2n) is 8.67. The number of Topliss-reactive ketones (excluding diaryl/α,β-unsaturated/α-hetero) is 1. The van der Waals surface area contributed by atoms with E-state index >= 15 is 0 Å². The van der Waals surface area contributed by atoms with Crippen molar-refractivity contribution in [1.29, 1.82) is 0 Å². The van der Waals surface area contributed by atoms with E-state index in [1.807, 2.05) is 48.5 Å². The Morgan fingerprint density at radius 2 is 1.75 bits per heavy atom. The number of hydrogen-bond donors (Lipinski definition) is 1. The Labute approximate surface area is 213 Å². The predicted molar refractivity (Wildman–Crippen MR) is 137 cm³/mol. The monoisotopic (exact) mass is 522 g/mol. The van der Waals surface area contributed by atoms with Crippen LogP contribution in [0.25, 0.3) is 10.9 Å². The fourth-order valence-electron chi connectivity index (χ4n) is 4.56. The first-order chi connectivity index (χ1) is 17.3. The quantitative estimate of drug-likeness (QED) is 0.286. The molecule has 2 heterocycles. The summed E-state index contributed by atoms with van der Waals surface area (Å²) in [6.07, 6.45) is 0.587. The summed E-state index contributed by atoms with van der Waals surface area (Å²) < 4.78 is 33.4. The van der Waals surface area contributed by atoms with Gasteiger partial charge in [-0.1, -0.05) is 54.1 Å². The molecule has 36 heavy (non-hydrogen) atoms. The van der Waals surface area contributed by atoms with Gasteiger partial charge in [0.1, 0.15) is 4.90 Å². The standard InChI is InChI=1S/C27H23ClN2O5S/c1-17-26(21-8-4-5-9-23(21)29-17)24(31)16-35-27(32)19-10-11-22(28)25(14-19)36(33,34)30-13-12-18-6-2-3-7-20(18)15-30/h2-11,14,29H,12-13,15-16H2,1H3. The van der Waals surface area contributed by atoms with E-state index in [0.717, 1.165) is 22.0 Å². The van der Waals surface area contributed by atoms with Crippen LogP contribution in [0.2, 0.25) is 5.02 Å². The average Bonchev–Trinajstić information content (AvgIpc) is 3.22. The van der Waals surface area contributed by atoms with Gasteiger partial charge in [0.15, 0.2) is 6.61 Å². The van der Waals surface area contributed by atoms with E-state index in [2.05, 4.69) is 4.98 Å². The van der Waals surface area contributed by atoms with Gasteiger partial charge in [-0.15, -0.1) is 0 Å². The van der Waals surface area contributed by atoms with Gasteiger partial charge in [0.25, 0.3) is 0 Å². The molecule has 1 N–H and O–H groups in total. The lowest BCUT2D eigenvalue weighted by atomic mass is 10.0. The van der Waals surface area contributed by atoms with Crippen LogP contribution < -0.4 is 0 Å². The highest BCUT2D eigenvalue weighted by Crippen LogP contribution is 2.30. The number of benzene rings is 3. The molecule has 0 saturated heterocycles. The van der Waals surface area contributed by atoms with Gasteiger partial charge in [0.2, 0.25) is 15.8 Å². The summed E-state index contributed by atoms with van der Waals surface area (Å²) in [5.74, 6) is -1.16. The molecule has 5 rings (SSSR count). The number of aryl methyl sites for hydroxylation is 1. The van der Waals surface area contributed by atoms with Crippen molar-refractivity contribution in [1.82, 2.24) is 9.29 Å². The third-order valence-electron chi connectivity index (χ3n) is 6.39. The lowest BCUT2D eigenvalue weighted by molar-refractivity contribution is 0.0474. The summed E-state index contributed by atoms with van der Waals surface area (Å²) in [5.41, 5.74) is 4.01. The second-order valence-corrected chi connectivity index (χ2v) is 11.0. The summed E-state index contributed by atoms with van der Waals surface area (Å²) in [5, 5.41) is 0.759. The zero-order valence-electron chi connectivity index (χ0n) is 19.5. The number of fused-ring (bicyclic) bond motifs is 2. The van der Waals surface area contributed by atoms with Crippen LogP contribution in [-0.4, -0.2) is 42.6 Å². The topological polar surface area (TPSA) is 96.5 Å². The molecule has 0 fully saturated rings. The number of rotatable bonds is 6. The number of ether oxygens (including phenoxy) is 1. The highest BCUT2D eigenvalue weighted by Gasteiger charge is 2.31. The number of carbonyl (C=O) groups is 2. The predicted octanol–water partition coefficient (Wildman–Crippen LogP) is 4.92. The maximum Gasteiger partial charge on any atom is 0.338 e. The molecular formula is C27H23ClN2O5S. The Morgan fingerprint density at radius 1 is 1.03 bits per heavy atom. The molecule has 0 unspecified atom stereocenters. The van der Waals surface area contributed by atoms with E-state index in [-0.39, 0.29) is 27.8 Å². The van der Waals surface area contributed by atoms with Gasteiger partial charge in [0.05, 0.1) is 10.6 Å². The van der Waals surface area contributed by atoms with Crippen molar-refractivity contribution in [2.24, 2.45) is 0 Å². The SMILES string of the molecule is Cc1[nH]c2ccccc2c1C(=O)COC(=O)c1ccc(Cl)c(S(=O)(=O)N2CCc3ccccc3C2)c1. The zero-order chi connectivity index (χ0) is 25.4. The first kappa shape index (κ1) is 24.2. The highest BCUT2D eigenvalue weighted by atomic mass is 35.5. The lowest BCUT2D eigenvalue weighted by Crippen LogP contribution is -2.36. The number of esters is 1. The molecule has 1 aromatic heterocycles. The number of sulfonamides is 1. The zero-order valence-corrected chi connectivity index (χ0v) is 21.0. The fraction of sp³-hybridized carbons (Fsp3) is 0.185. The Hall–Kier alpha value is -3.46. The summed E-state index contributed by atoms with van der Waals surface area (Å²) >= 11 is 6.26. The van der Waals surface area contributed by atoms with E-state index < -0.39 is 22.6 Å². The number of nitrogens with one attached hydrogen (secondary N) is 1. The van der Waals surface area contributed by atoms with Crippen molar-refractivity contribution in [2.75, 3.05) is 13.2 Å².